The van der Waals surface area contributed by atoms with Gasteiger partial charge >= 0.3 is 0 Å². The van der Waals surface area contributed by atoms with Crippen molar-refractivity contribution in [1.82, 2.24) is 4.57 Å². The summed E-state index contributed by atoms with van der Waals surface area (Å²) in [6, 6.07) is 72.4. The highest BCUT2D eigenvalue weighted by Gasteiger charge is 2.24. The van der Waals surface area contributed by atoms with Gasteiger partial charge in [0.05, 0.1) is 20.8 Å². The molecule has 0 saturated carbocycles. The maximum absolute atomic E-state index is 14.1. The van der Waals surface area contributed by atoms with Crippen LogP contribution in [-0.2, 0) is 9.84 Å². The third-order valence-electron chi connectivity index (χ3n) is 12.9. The molecule has 0 fully saturated rings. The van der Waals surface area contributed by atoms with Crippen LogP contribution in [0, 0.1) is 0 Å². The second-order valence-electron chi connectivity index (χ2n) is 16.4. The Morgan fingerprint density at radius 1 is 0.381 bits per heavy atom. The molecule has 0 aliphatic rings. The van der Waals surface area contributed by atoms with Crippen LogP contribution in [0.15, 0.2) is 227 Å². The molecule has 5 heteroatoms. The van der Waals surface area contributed by atoms with Gasteiger partial charge in [-0.2, -0.15) is 0 Å². The molecule has 11 aromatic carbocycles. The molecule has 0 atom stereocenters. The summed E-state index contributed by atoms with van der Waals surface area (Å²) in [7, 11) is -3.77. The zero-order valence-corrected chi connectivity index (χ0v) is 34.6. The molecule has 0 aliphatic heterocycles. The SMILES string of the molecule is O=S(=O)(c1ccccc1)c1ccc2c(c1)c1cc(-c3c4ccccc4c(-c4cc5ccccc5c5c4oc4cc6ccccc6cc45)c4ccccc34)ccc1n2-c1ccccc1. The smallest absolute Gasteiger partial charge is 0.206 e. The fraction of sp³-hybridized carbons (Fsp3) is 0. The molecule has 4 nitrogen and oxygen atoms in total. The van der Waals surface area contributed by atoms with Gasteiger partial charge < -0.3 is 8.98 Å². The van der Waals surface area contributed by atoms with Crippen LogP contribution < -0.4 is 0 Å². The molecule has 0 amide bonds. The zero-order valence-electron chi connectivity index (χ0n) is 33.8. The number of rotatable bonds is 5. The number of furan rings is 1. The van der Waals surface area contributed by atoms with Crippen molar-refractivity contribution in [1.29, 1.82) is 0 Å². The van der Waals surface area contributed by atoms with Crippen molar-refractivity contribution in [3.8, 4) is 27.9 Å². The van der Waals surface area contributed by atoms with Crippen LogP contribution >= 0.6 is 0 Å². The quantitative estimate of drug-likeness (QED) is 0.162. The number of fused-ring (bicyclic) bond motifs is 11. The van der Waals surface area contributed by atoms with Crippen LogP contribution in [0.5, 0.6) is 0 Å². The molecule has 0 bridgehead atoms. The largest absolute Gasteiger partial charge is 0.455 e. The van der Waals surface area contributed by atoms with Gasteiger partial charge in [0.2, 0.25) is 9.84 Å². The molecule has 2 aromatic heterocycles. The van der Waals surface area contributed by atoms with Crippen molar-refractivity contribution in [3.63, 3.8) is 0 Å². The van der Waals surface area contributed by atoms with Crippen LogP contribution in [0.3, 0.4) is 0 Å². The number of aromatic nitrogens is 1. The molecule has 0 radical (unpaired) electrons. The fourth-order valence-electron chi connectivity index (χ4n) is 10.1. The number of benzene rings is 11. The van der Waals surface area contributed by atoms with Gasteiger partial charge in [-0.3, -0.25) is 0 Å². The summed E-state index contributed by atoms with van der Waals surface area (Å²) in [6.45, 7) is 0. The Morgan fingerprint density at radius 2 is 0.921 bits per heavy atom. The first-order valence-electron chi connectivity index (χ1n) is 21.2. The molecule has 63 heavy (non-hydrogen) atoms. The Balaban J connectivity index is 1.10. The number of hydrogen-bond acceptors (Lipinski definition) is 3. The monoisotopic (exact) mass is 825 g/mol. The van der Waals surface area contributed by atoms with Gasteiger partial charge in [-0.1, -0.05) is 140 Å². The Hall–Kier alpha value is -7.99. The van der Waals surface area contributed by atoms with Crippen molar-refractivity contribution in [2.75, 3.05) is 0 Å². The molecule has 0 saturated heterocycles. The van der Waals surface area contributed by atoms with E-state index in [0.717, 1.165) is 104 Å². The minimum absolute atomic E-state index is 0.263. The topological polar surface area (TPSA) is 52.2 Å². The highest BCUT2D eigenvalue weighted by Crippen LogP contribution is 2.49. The minimum Gasteiger partial charge on any atom is -0.455 e. The number of para-hydroxylation sites is 1. The summed E-state index contributed by atoms with van der Waals surface area (Å²) in [5.74, 6) is 0. The molecule has 0 N–H and O–H groups in total. The van der Waals surface area contributed by atoms with E-state index in [-0.39, 0.29) is 9.79 Å². The molecule has 13 aromatic rings. The van der Waals surface area contributed by atoms with Crippen molar-refractivity contribution in [2.45, 2.75) is 9.79 Å². The fourth-order valence-corrected chi connectivity index (χ4v) is 11.5. The summed E-state index contributed by atoms with van der Waals surface area (Å²) in [5, 5.41) is 13.2. The van der Waals surface area contributed by atoms with Crippen molar-refractivity contribution >= 4 is 96.7 Å². The van der Waals surface area contributed by atoms with E-state index in [9.17, 15) is 8.42 Å². The summed E-state index contributed by atoms with van der Waals surface area (Å²) >= 11 is 0. The van der Waals surface area contributed by atoms with Gasteiger partial charge in [0.25, 0.3) is 0 Å². The first-order chi connectivity index (χ1) is 31.0. The van der Waals surface area contributed by atoms with Gasteiger partial charge in [-0.05, 0) is 127 Å². The molecule has 0 unspecified atom stereocenters. The molecular weight excluding hydrogens is 791 g/mol. The molecule has 13 rings (SSSR count). The van der Waals surface area contributed by atoms with Crippen molar-refractivity contribution < 1.29 is 12.8 Å². The first kappa shape index (κ1) is 35.7. The van der Waals surface area contributed by atoms with E-state index in [1.807, 2.05) is 36.4 Å². The van der Waals surface area contributed by atoms with E-state index in [0.29, 0.717) is 0 Å². The summed E-state index contributed by atoms with van der Waals surface area (Å²) < 4.78 is 37.4. The van der Waals surface area contributed by atoms with Crippen LogP contribution in [-0.4, -0.2) is 13.0 Å². The van der Waals surface area contributed by atoms with Gasteiger partial charge in [0.1, 0.15) is 11.2 Å². The Labute approximate surface area is 362 Å². The standard InChI is InChI=1S/C58H35NO3S/c60-63(61,41-20-5-2-6-21-41)42-28-30-53-49(35-42)48-33-39(27-29-52(48)59(53)40-18-3-1-4-19-40)55-44-23-11-13-25-46(44)56(47-26-14-12-24-45(47)55)51-32-38-17-9-10-22-43(38)57-50-31-36-15-7-8-16-37(36)34-54(50)62-58(51)57/h1-35H. The van der Waals surface area contributed by atoms with E-state index in [1.54, 1.807) is 30.3 Å². The van der Waals surface area contributed by atoms with E-state index in [4.69, 9.17) is 4.42 Å². The molecule has 0 aliphatic carbocycles. The highest BCUT2D eigenvalue weighted by molar-refractivity contribution is 7.91. The number of hydrogen-bond donors (Lipinski definition) is 0. The predicted octanol–water partition coefficient (Wildman–Crippen LogP) is 15.5. The maximum Gasteiger partial charge on any atom is 0.206 e. The molecule has 296 valence electrons. The van der Waals surface area contributed by atoms with E-state index < -0.39 is 9.84 Å². The van der Waals surface area contributed by atoms with Crippen LogP contribution in [0.4, 0.5) is 0 Å². The Kier molecular flexibility index (Phi) is 7.66. The highest BCUT2D eigenvalue weighted by atomic mass is 32.2. The molecular formula is C58H35NO3S. The minimum atomic E-state index is -3.77. The lowest BCUT2D eigenvalue weighted by molar-refractivity contribution is 0.596. The lowest BCUT2D eigenvalue weighted by atomic mass is 9.84. The summed E-state index contributed by atoms with van der Waals surface area (Å²) in [5.41, 5.74) is 9.02. The first-order valence-corrected chi connectivity index (χ1v) is 22.6. The Morgan fingerprint density at radius 3 is 1.60 bits per heavy atom. The Bertz CT molecular complexity index is 4090. The second-order valence-corrected chi connectivity index (χ2v) is 18.3. The number of nitrogens with zero attached hydrogens (tertiary/aromatic N) is 1. The molecule has 0 spiro atoms. The van der Waals surface area contributed by atoms with Crippen LogP contribution in [0.1, 0.15) is 0 Å². The third kappa shape index (κ3) is 5.30. The lowest BCUT2D eigenvalue weighted by Gasteiger charge is -2.18. The lowest BCUT2D eigenvalue weighted by Crippen LogP contribution is -2.01. The summed E-state index contributed by atoms with van der Waals surface area (Å²) in [4.78, 5) is 0.536. The van der Waals surface area contributed by atoms with Crippen LogP contribution in [0.25, 0.3) is 115 Å². The van der Waals surface area contributed by atoms with Crippen molar-refractivity contribution in [2.24, 2.45) is 0 Å². The zero-order chi connectivity index (χ0) is 41.8. The predicted molar refractivity (Wildman–Crippen MR) is 261 cm³/mol. The van der Waals surface area contributed by atoms with Gasteiger partial charge in [0, 0.05) is 38.4 Å². The van der Waals surface area contributed by atoms with Crippen LogP contribution in [0.2, 0.25) is 0 Å². The van der Waals surface area contributed by atoms with E-state index in [1.165, 1.54) is 10.8 Å². The van der Waals surface area contributed by atoms with Gasteiger partial charge in [0.15, 0.2) is 0 Å². The number of sulfone groups is 1. The van der Waals surface area contributed by atoms with Gasteiger partial charge in [-0.25, -0.2) is 8.42 Å². The average Bonchev–Trinajstić information content (AvgIpc) is 3.88. The normalized spacial score (nSPS) is 12.3. The maximum atomic E-state index is 14.1. The van der Waals surface area contributed by atoms with Crippen molar-refractivity contribution in [3.05, 3.63) is 212 Å². The van der Waals surface area contributed by atoms with E-state index in [2.05, 4.69) is 150 Å². The van der Waals surface area contributed by atoms with Gasteiger partial charge in [-0.15, -0.1) is 0 Å². The second kappa shape index (κ2) is 13.5. The van der Waals surface area contributed by atoms with E-state index >= 15 is 0 Å². The summed E-state index contributed by atoms with van der Waals surface area (Å²) in [6.07, 6.45) is 0. The third-order valence-corrected chi connectivity index (χ3v) is 14.7. The average molecular weight is 826 g/mol. The molecule has 2 heterocycles.